The van der Waals surface area contributed by atoms with Crippen LogP contribution in [0, 0.1) is 13.8 Å². The molecule has 1 aliphatic rings. The number of rotatable bonds is 5. The van der Waals surface area contributed by atoms with Crippen molar-refractivity contribution in [3.05, 3.63) is 28.8 Å². The minimum Gasteiger partial charge on any atom is -0.331 e. The number of piperidine rings is 1. The molecule has 3 aromatic rings. The van der Waals surface area contributed by atoms with Crippen LogP contribution >= 0.6 is 11.6 Å². The van der Waals surface area contributed by atoms with E-state index in [2.05, 4.69) is 15.3 Å². The summed E-state index contributed by atoms with van der Waals surface area (Å²) in [5.74, 6) is 0.490. The molecule has 1 aliphatic heterocycles. The van der Waals surface area contributed by atoms with Gasteiger partial charge in [0.05, 0.1) is 39.8 Å². The van der Waals surface area contributed by atoms with E-state index in [4.69, 9.17) is 16.7 Å². The fourth-order valence-electron chi connectivity index (χ4n) is 4.06. The summed E-state index contributed by atoms with van der Waals surface area (Å²) >= 11 is 6.27. The minimum atomic E-state index is -3.14. The van der Waals surface area contributed by atoms with Gasteiger partial charge in [-0.05, 0) is 33.6 Å². The number of fused-ring (bicyclic) bond motifs is 1. The summed E-state index contributed by atoms with van der Waals surface area (Å²) in [6.45, 7) is 7.79. The van der Waals surface area contributed by atoms with Crippen LogP contribution in [-0.4, -0.2) is 56.4 Å². The van der Waals surface area contributed by atoms with Gasteiger partial charge in [-0.3, -0.25) is 4.68 Å². The molecule has 0 aromatic carbocycles. The Morgan fingerprint density at radius 1 is 1.27 bits per heavy atom. The Labute approximate surface area is 181 Å². The molecule has 0 saturated carbocycles. The Bertz CT molecular complexity index is 1190. The van der Waals surface area contributed by atoms with Gasteiger partial charge in [-0.15, -0.1) is 0 Å². The first-order valence-electron chi connectivity index (χ1n) is 9.98. The van der Waals surface area contributed by atoms with Gasteiger partial charge in [0.2, 0.25) is 16.0 Å². The molecule has 0 atom stereocenters. The van der Waals surface area contributed by atoms with Crippen LogP contribution in [-0.2, 0) is 16.6 Å². The largest absolute Gasteiger partial charge is 0.331 e. The van der Waals surface area contributed by atoms with Crippen LogP contribution in [0.2, 0.25) is 5.02 Å². The lowest BCUT2D eigenvalue weighted by molar-refractivity contribution is 0.259. The molecule has 0 spiro atoms. The number of hydrogen-bond donors (Lipinski definition) is 1. The molecule has 0 radical (unpaired) electrons. The smallest absolute Gasteiger partial charge is 0.229 e. The summed E-state index contributed by atoms with van der Waals surface area (Å²) in [5, 5.41) is 9.50. The normalized spacial score (nSPS) is 16.4. The molecule has 162 valence electrons. The van der Waals surface area contributed by atoms with Crippen molar-refractivity contribution >= 4 is 44.3 Å². The number of aromatic nitrogens is 5. The second-order valence-corrected chi connectivity index (χ2v) is 10.1. The van der Waals surface area contributed by atoms with E-state index >= 15 is 0 Å². The van der Waals surface area contributed by atoms with Crippen molar-refractivity contribution in [3.8, 4) is 0 Å². The first-order chi connectivity index (χ1) is 14.2. The predicted octanol–water partition coefficient (Wildman–Crippen LogP) is 3.26. The molecular weight excluding hydrogens is 426 g/mol. The highest BCUT2D eigenvalue weighted by atomic mass is 35.5. The van der Waals surface area contributed by atoms with Gasteiger partial charge in [-0.25, -0.2) is 17.7 Å². The molecular formula is C19H26ClN7O2S. The van der Waals surface area contributed by atoms with E-state index in [0.717, 1.165) is 47.5 Å². The maximum atomic E-state index is 11.8. The molecule has 0 bridgehead atoms. The zero-order valence-electron chi connectivity index (χ0n) is 17.6. The second kappa shape index (κ2) is 7.82. The SMILES string of the molecule is CCn1cc(Cl)c2cnc(Nc3c(C)nn(C4CCN(S(C)(=O)=O)CC4)c3C)nc21. The Balaban J connectivity index is 1.58. The molecule has 0 unspecified atom stereocenters. The Morgan fingerprint density at radius 3 is 2.60 bits per heavy atom. The maximum absolute atomic E-state index is 11.8. The lowest BCUT2D eigenvalue weighted by Gasteiger charge is -2.30. The fourth-order valence-corrected chi connectivity index (χ4v) is 5.18. The predicted molar refractivity (Wildman–Crippen MR) is 118 cm³/mol. The third kappa shape index (κ3) is 3.79. The van der Waals surface area contributed by atoms with E-state index in [1.54, 1.807) is 6.20 Å². The Morgan fingerprint density at radius 2 is 1.97 bits per heavy atom. The summed E-state index contributed by atoms with van der Waals surface area (Å²) in [5.41, 5.74) is 3.50. The first-order valence-corrected chi connectivity index (χ1v) is 12.2. The zero-order chi connectivity index (χ0) is 21.6. The van der Waals surface area contributed by atoms with Crippen molar-refractivity contribution in [2.45, 2.75) is 46.2 Å². The number of halogens is 1. The van der Waals surface area contributed by atoms with Crippen molar-refractivity contribution in [2.24, 2.45) is 0 Å². The van der Waals surface area contributed by atoms with Gasteiger partial charge >= 0.3 is 0 Å². The lowest BCUT2D eigenvalue weighted by Crippen LogP contribution is -2.38. The molecule has 1 fully saturated rings. The van der Waals surface area contributed by atoms with E-state index in [1.165, 1.54) is 10.6 Å². The number of sulfonamides is 1. The summed E-state index contributed by atoms with van der Waals surface area (Å²) in [7, 11) is -3.14. The summed E-state index contributed by atoms with van der Waals surface area (Å²) in [6.07, 6.45) is 6.33. The maximum Gasteiger partial charge on any atom is 0.229 e. The van der Waals surface area contributed by atoms with E-state index in [0.29, 0.717) is 24.1 Å². The van der Waals surface area contributed by atoms with Crippen LogP contribution in [0.25, 0.3) is 11.0 Å². The van der Waals surface area contributed by atoms with Crippen LogP contribution in [0.3, 0.4) is 0 Å². The number of anilines is 2. The highest BCUT2D eigenvalue weighted by molar-refractivity contribution is 7.88. The molecule has 30 heavy (non-hydrogen) atoms. The van der Waals surface area contributed by atoms with Gasteiger partial charge in [0.25, 0.3) is 0 Å². The molecule has 1 saturated heterocycles. The third-order valence-corrected chi connectivity index (χ3v) is 7.31. The van der Waals surface area contributed by atoms with Gasteiger partial charge in [0.1, 0.15) is 5.65 Å². The highest BCUT2D eigenvalue weighted by Crippen LogP contribution is 2.31. The molecule has 4 heterocycles. The minimum absolute atomic E-state index is 0.164. The monoisotopic (exact) mass is 451 g/mol. The average molecular weight is 452 g/mol. The summed E-state index contributed by atoms with van der Waals surface area (Å²) in [4.78, 5) is 9.07. The van der Waals surface area contributed by atoms with Gasteiger partial charge < -0.3 is 9.88 Å². The molecule has 9 nitrogen and oxygen atoms in total. The topological polar surface area (TPSA) is 97.9 Å². The quantitative estimate of drug-likeness (QED) is 0.639. The van der Waals surface area contributed by atoms with Crippen LogP contribution in [0.5, 0.6) is 0 Å². The average Bonchev–Trinajstić information content (AvgIpc) is 3.18. The standard InChI is InChI=1S/C19H26ClN7O2S/c1-5-25-11-16(20)15-10-21-19(23-18(15)25)22-17-12(2)24-27(13(17)3)14-6-8-26(9-7-14)30(4,28)29/h10-11,14H,5-9H2,1-4H3,(H,21,22,23). The van der Waals surface area contributed by atoms with E-state index in [9.17, 15) is 8.42 Å². The van der Waals surface area contributed by atoms with Crippen molar-refractivity contribution in [1.29, 1.82) is 0 Å². The van der Waals surface area contributed by atoms with Crippen LogP contribution in [0.1, 0.15) is 37.2 Å². The van der Waals surface area contributed by atoms with E-state index in [1.807, 2.05) is 36.2 Å². The van der Waals surface area contributed by atoms with Crippen molar-refractivity contribution in [1.82, 2.24) is 28.6 Å². The molecule has 3 aromatic heterocycles. The Kier molecular flexibility index (Phi) is 5.50. The number of nitrogens with zero attached hydrogens (tertiary/aromatic N) is 6. The molecule has 0 aliphatic carbocycles. The molecule has 4 rings (SSSR count). The Hall–Kier alpha value is -2.17. The molecule has 11 heteroatoms. The first kappa shape index (κ1) is 21.1. The van der Waals surface area contributed by atoms with Gasteiger partial charge in [0, 0.05) is 32.0 Å². The number of aryl methyl sites for hydroxylation is 2. The lowest BCUT2D eigenvalue weighted by atomic mass is 10.1. The third-order valence-electron chi connectivity index (χ3n) is 5.71. The molecule has 1 N–H and O–H groups in total. The summed E-state index contributed by atoms with van der Waals surface area (Å²) in [6, 6.07) is 0.164. The van der Waals surface area contributed by atoms with Gasteiger partial charge in [-0.1, -0.05) is 11.6 Å². The van der Waals surface area contributed by atoms with Crippen LogP contribution < -0.4 is 5.32 Å². The highest BCUT2D eigenvalue weighted by Gasteiger charge is 2.28. The zero-order valence-corrected chi connectivity index (χ0v) is 19.1. The fraction of sp³-hybridized carbons (Fsp3) is 0.526. The second-order valence-electron chi connectivity index (χ2n) is 7.70. The van der Waals surface area contributed by atoms with Crippen LogP contribution in [0.15, 0.2) is 12.4 Å². The number of nitrogens with one attached hydrogen (secondary N) is 1. The van der Waals surface area contributed by atoms with Crippen molar-refractivity contribution < 1.29 is 8.42 Å². The summed E-state index contributed by atoms with van der Waals surface area (Å²) < 4.78 is 29.1. The van der Waals surface area contributed by atoms with Gasteiger partial charge in [0.15, 0.2) is 0 Å². The van der Waals surface area contributed by atoms with Crippen LogP contribution in [0.4, 0.5) is 11.6 Å². The van der Waals surface area contributed by atoms with E-state index in [-0.39, 0.29) is 6.04 Å². The molecule has 0 amide bonds. The van der Waals surface area contributed by atoms with E-state index < -0.39 is 10.0 Å². The van der Waals surface area contributed by atoms with Crippen molar-refractivity contribution in [2.75, 3.05) is 24.7 Å². The number of hydrogen-bond acceptors (Lipinski definition) is 6. The van der Waals surface area contributed by atoms with Crippen molar-refractivity contribution in [3.63, 3.8) is 0 Å². The van der Waals surface area contributed by atoms with Gasteiger partial charge in [-0.2, -0.15) is 10.1 Å².